The van der Waals surface area contributed by atoms with Gasteiger partial charge < -0.3 is 0 Å². The van der Waals surface area contributed by atoms with Gasteiger partial charge in [-0.15, -0.1) is 0 Å². The third-order valence-electron chi connectivity index (χ3n) is 2.13. The Morgan fingerprint density at radius 1 is 0.786 bits per heavy atom. The minimum absolute atomic E-state index is 0.721. The van der Waals surface area contributed by atoms with Crippen LogP contribution in [-0.2, 0) is 0 Å². The molecule has 0 amide bonds. The van der Waals surface area contributed by atoms with E-state index in [1.165, 1.54) is 0 Å². The summed E-state index contributed by atoms with van der Waals surface area (Å²) < 4.78 is 0. The summed E-state index contributed by atoms with van der Waals surface area (Å²) in [7, 11) is 0. The molecule has 0 aliphatic carbocycles. The summed E-state index contributed by atoms with van der Waals surface area (Å²) in [6, 6.07) is 19.8. The second kappa shape index (κ2) is 3.76. The van der Waals surface area contributed by atoms with Gasteiger partial charge in [-0.25, -0.2) is 0 Å². The molecule has 0 fully saturated rings. The first-order chi connectivity index (χ1) is 6.92. The lowest BCUT2D eigenvalue weighted by Gasteiger charge is -2.02. The lowest BCUT2D eigenvalue weighted by atomic mass is 10.0. The summed E-state index contributed by atoms with van der Waals surface area (Å²) in [6.45, 7) is 0. The van der Waals surface area contributed by atoms with E-state index >= 15 is 0 Å². The van der Waals surface area contributed by atoms with Gasteiger partial charge in [-0.1, -0.05) is 48.5 Å². The van der Waals surface area contributed by atoms with Gasteiger partial charge in [0, 0.05) is 0 Å². The van der Waals surface area contributed by atoms with Crippen LogP contribution in [-0.4, -0.2) is 0 Å². The number of hydrogen-bond acceptors (Lipinski definition) is 1. The molecule has 0 unspecified atom stereocenters. The van der Waals surface area contributed by atoms with Crippen LogP contribution in [0.4, 0.5) is 0 Å². The SMILES string of the molecule is N#[13C]c1ccccc1-c1ccccc1. The Morgan fingerprint density at radius 3 is 2.14 bits per heavy atom. The standard InChI is InChI=1S/C13H9N/c14-10-12-8-4-5-9-13(12)11-6-2-1-3-7-11/h1-9H/i10+1. The van der Waals surface area contributed by atoms with Gasteiger partial charge in [0.15, 0.2) is 0 Å². The van der Waals surface area contributed by atoms with Gasteiger partial charge in [0.2, 0.25) is 0 Å². The van der Waals surface area contributed by atoms with Crippen LogP contribution in [0.5, 0.6) is 0 Å². The van der Waals surface area contributed by atoms with Gasteiger partial charge in [0.25, 0.3) is 0 Å². The molecule has 2 aromatic carbocycles. The van der Waals surface area contributed by atoms with Crippen molar-refractivity contribution < 1.29 is 0 Å². The summed E-state index contributed by atoms with van der Waals surface area (Å²) in [4.78, 5) is 0. The predicted molar refractivity (Wildman–Crippen MR) is 56.6 cm³/mol. The molecule has 2 rings (SSSR count). The molecular formula is C13H9N. The van der Waals surface area contributed by atoms with Crippen LogP contribution < -0.4 is 0 Å². The molecule has 1 heteroatoms. The largest absolute Gasteiger partial charge is 0.192 e. The van der Waals surface area contributed by atoms with E-state index in [0.717, 1.165) is 16.7 Å². The van der Waals surface area contributed by atoms with E-state index in [1.54, 1.807) is 0 Å². The fourth-order valence-electron chi connectivity index (χ4n) is 1.45. The molecule has 0 N–H and O–H groups in total. The van der Waals surface area contributed by atoms with E-state index in [2.05, 4.69) is 6.07 Å². The van der Waals surface area contributed by atoms with Crippen molar-refractivity contribution >= 4 is 0 Å². The topological polar surface area (TPSA) is 23.8 Å². The quantitative estimate of drug-likeness (QED) is 0.618. The maximum absolute atomic E-state index is 8.93. The maximum Gasteiger partial charge on any atom is 0.0998 e. The van der Waals surface area contributed by atoms with E-state index in [1.807, 2.05) is 54.6 Å². The monoisotopic (exact) mass is 180 g/mol. The van der Waals surface area contributed by atoms with Crippen molar-refractivity contribution in [2.75, 3.05) is 0 Å². The second-order valence-corrected chi connectivity index (χ2v) is 3.02. The lowest BCUT2D eigenvalue weighted by Crippen LogP contribution is -1.82. The first-order valence-corrected chi connectivity index (χ1v) is 4.46. The molecule has 0 spiro atoms. The minimum Gasteiger partial charge on any atom is -0.192 e. The zero-order valence-electron chi connectivity index (χ0n) is 7.64. The first-order valence-electron chi connectivity index (χ1n) is 4.46. The first kappa shape index (κ1) is 8.52. The van der Waals surface area contributed by atoms with Crippen LogP contribution >= 0.6 is 0 Å². The molecule has 0 heterocycles. The number of nitriles is 1. The second-order valence-electron chi connectivity index (χ2n) is 3.02. The number of rotatable bonds is 1. The van der Waals surface area contributed by atoms with Crippen LogP contribution in [0.1, 0.15) is 5.56 Å². The molecule has 66 valence electrons. The molecule has 14 heavy (non-hydrogen) atoms. The number of hydrogen-bond donors (Lipinski definition) is 0. The van der Waals surface area contributed by atoms with E-state index in [9.17, 15) is 0 Å². The van der Waals surface area contributed by atoms with Gasteiger partial charge >= 0.3 is 0 Å². The summed E-state index contributed by atoms with van der Waals surface area (Å²) in [5, 5.41) is 8.93. The summed E-state index contributed by atoms with van der Waals surface area (Å²) in [5.74, 6) is 0. The van der Waals surface area contributed by atoms with Crippen molar-refractivity contribution in [3.8, 4) is 17.2 Å². The zero-order valence-corrected chi connectivity index (χ0v) is 7.64. The van der Waals surface area contributed by atoms with E-state index in [4.69, 9.17) is 5.26 Å². The maximum atomic E-state index is 8.93. The van der Waals surface area contributed by atoms with Crippen LogP contribution in [0.2, 0.25) is 0 Å². The molecule has 0 saturated carbocycles. The highest BCUT2D eigenvalue weighted by Gasteiger charge is 2.01. The van der Waals surface area contributed by atoms with Crippen molar-refractivity contribution in [1.82, 2.24) is 0 Å². The van der Waals surface area contributed by atoms with Crippen LogP contribution in [0, 0.1) is 11.3 Å². The molecule has 0 aromatic heterocycles. The van der Waals surface area contributed by atoms with Crippen molar-refractivity contribution in [3.63, 3.8) is 0 Å². The third-order valence-corrected chi connectivity index (χ3v) is 2.13. The van der Waals surface area contributed by atoms with Crippen LogP contribution in [0.15, 0.2) is 54.6 Å². The average Bonchev–Trinajstić information content (AvgIpc) is 2.30. The van der Waals surface area contributed by atoms with Gasteiger partial charge in [0.1, 0.15) is 0 Å². The number of nitrogens with zero attached hydrogens (tertiary/aromatic N) is 1. The highest BCUT2D eigenvalue weighted by atomic mass is 14.4. The molecule has 0 aliphatic rings. The van der Waals surface area contributed by atoms with Crippen molar-refractivity contribution in [2.24, 2.45) is 0 Å². The smallest absolute Gasteiger partial charge is 0.0998 e. The Bertz CT molecular complexity index is 466. The molecular weight excluding hydrogens is 171 g/mol. The predicted octanol–water partition coefficient (Wildman–Crippen LogP) is 3.23. The fourth-order valence-corrected chi connectivity index (χ4v) is 1.45. The van der Waals surface area contributed by atoms with Gasteiger partial charge in [0.05, 0.1) is 11.6 Å². The van der Waals surface area contributed by atoms with Gasteiger partial charge in [-0.05, 0) is 17.2 Å². The molecule has 0 bridgehead atoms. The highest BCUT2D eigenvalue weighted by molar-refractivity contribution is 5.70. The van der Waals surface area contributed by atoms with Crippen LogP contribution in [0.25, 0.3) is 11.1 Å². The molecule has 0 saturated heterocycles. The average molecular weight is 180 g/mol. The molecule has 2 aromatic rings. The fraction of sp³-hybridized carbons (Fsp3) is 0. The normalized spacial score (nSPS) is 9.36. The summed E-state index contributed by atoms with van der Waals surface area (Å²) in [5.41, 5.74) is 2.80. The molecule has 0 aliphatic heterocycles. The Hall–Kier alpha value is -2.07. The van der Waals surface area contributed by atoms with Gasteiger partial charge in [-0.2, -0.15) is 5.26 Å². The molecule has 0 radical (unpaired) electrons. The van der Waals surface area contributed by atoms with Crippen molar-refractivity contribution in [1.29, 1.82) is 5.26 Å². The van der Waals surface area contributed by atoms with E-state index in [-0.39, 0.29) is 0 Å². The Balaban J connectivity index is 2.58. The van der Waals surface area contributed by atoms with Gasteiger partial charge in [-0.3, -0.25) is 0 Å². The zero-order chi connectivity index (χ0) is 9.80. The Labute approximate surface area is 83.2 Å². The molecule has 1 nitrogen and oxygen atoms in total. The van der Waals surface area contributed by atoms with E-state index in [0.29, 0.717) is 0 Å². The highest BCUT2D eigenvalue weighted by Crippen LogP contribution is 2.22. The van der Waals surface area contributed by atoms with E-state index < -0.39 is 0 Å². The number of benzene rings is 2. The third kappa shape index (κ3) is 1.51. The minimum atomic E-state index is 0.721. The summed E-state index contributed by atoms with van der Waals surface area (Å²) in [6.07, 6.45) is 0. The van der Waals surface area contributed by atoms with Crippen molar-refractivity contribution in [2.45, 2.75) is 0 Å². The Morgan fingerprint density at radius 2 is 1.43 bits per heavy atom. The Kier molecular flexibility index (Phi) is 2.29. The lowest BCUT2D eigenvalue weighted by molar-refractivity contribution is 1.48. The van der Waals surface area contributed by atoms with Crippen molar-refractivity contribution in [3.05, 3.63) is 60.2 Å². The van der Waals surface area contributed by atoms with Crippen LogP contribution in [0.3, 0.4) is 0 Å². The summed E-state index contributed by atoms with van der Waals surface area (Å²) >= 11 is 0. The molecule has 0 atom stereocenters.